The van der Waals surface area contributed by atoms with E-state index in [1.807, 2.05) is 0 Å². The van der Waals surface area contributed by atoms with Crippen molar-refractivity contribution in [2.24, 2.45) is 0 Å². The van der Waals surface area contributed by atoms with Crippen molar-refractivity contribution < 1.29 is 8.42 Å². The van der Waals surface area contributed by atoms with E-state index in [0.717, 1.165) is 0 Å². The Labute approximate surface area is 89.3 Å². The molecule has 0 aliphatic heterocycles. The summed E-state index contributed by atoms with van der Waals surface area (Å²) < 4.78 is 24.8. The molecule has 15 heavy (non-hydrogen) atoms. The van der Waals surface area contributed by atoms with E-state index in [1.165, 1.54) is 35.8 Å². The van der Waals surface area contributed by atoms with Gasteiger partial charge >= 0.3 is 0 Å². The molecule has 1 aromatic heterocycles. The lowest BCUT2D eigenvalue weighted by Gasteiger charge is -2.14. The highest BCUT2D eigenvalue weighted by Gasteiger charge is 2.19. The summed E-state index contributed by atoms with van der Waals surface area (Å²) in [4.78, 5) is 3.86. The Bertz CT molecular complexity index is 439. The molecule has 1 rings (SSSR count). The number of nitrogens with zero attached hydrogens (tertiary/aromatic N) is 2. The number of nitrogens with two attached hydrogens (primary N) is 1. The quantitative estimate of drug-likeness (QED) is 0.759. The van der Waals surface area contributed by atoms with Gasteiger partial charge in [0, 0.05) is 19.8 Å². The molecule has 0 atom stereocenters. The minimum atomic E-state index is -3.47. The van der Waals surface area contributed by atoms with Crippen LogP contribution in [0.2, 0.25) is 0 Å². The zero-order chi connectivity index (χ0) is 11.5. The molecule has 0 saturated carbocycles. The van der Waals surface area contributed by atoms with Crippen LogP contribution < -0.4 is 5.73 Å². The molecule has 2 N–H and O–H groups in total. The number of anilines is 1. The minimum absolute atomic E-state index is 0.126. The molecular formula is C9H13N3O2S. The Kier molecular flexibility index (Phi) is 3.43. The SMILES string of the molecule is C=CCN(C)S(=O)(=O)c1ccc(N)nc1. The van der Waals surface area contributed by atoms with Crippen molar-refractivity contribution in [3.8, 4) is 0 Å². The van der Waals surface area contributed by atoms with Gasteiger partial charge in [0.15, 0.2) is 0 Å². The van der Waals surface area contributed by atoms with Crippen molar-refractivity contribution in [3.05, 3.63) is 31.0 Å². The van der Waals surface area contributed by atoms with E-state index in [0.29, 0.717) is 5.82 Å². The van der Waals surface area contributed by atoms with Crippen LogP contribution in [0.25, 0.3) is 0 Å². The number of pyridine rings is 1. The highest BCUT2D eigenvalue weighted by atomic mass is 32.2. The maximum absolute atomic E-state index is 11.8. The van der Waals surface area contributed by atoms with Crippen molar-refractivity contribution in [1.82, 2.24) is 9.29 Å². The van der Waals surface area contributed by atoms with E-state index in [9.17, 15) is 8.42 Å². The number of rotatable bonds is 4. The average Bonchev–Trinajstić information content (AvgIpc) is 2.18. The molecule has 0 aliphatic carbocycles. The molecule has 1 aromatic rings. The third-order valence-electron chi connectivity index (χ3n) is 1.85. The summed E-state index contributed by atoms with van der Waals surface area (Å²) in [5.41, 5.74) is 5.37. The summed E-state index contributed by atoms with van der Waals surface area (Å²) in [5.74, 6) is 0.292. The Morgan fingerprint density at radius 1 is 1.60 bits per heavy atom. The van der Waals surface area contributed by atoms with E-state index in [4.69, 9.17) is 5.73 Å². The van der Waals surface area contributed by atoms with Crippen molar-refractivity contribution >= 4 is 15.8 Å². The lowest BCUT2D eigenvalue weighted by Crippen LogP contribution is -2.27. The fourth-order valence-electron chi connectivity index (χ4n) is 1.00. The van der Waals surface area contributed by atoms with Crippen LogP contribution in [0.5, 0.6) is 0 Å². The fourth-order valence-corrected chi connectivity index (χ4v) is 2.09. The molecule has 0 fully saturated rings. The molecule has 0 aliphatic rings. The normalized spacial score (nSPS) is 11.6. The van der Waals surface area contributed by atoms with Crippen LogP contribution >= 0.6 is 0 Å². The first-order chi connectivity index (χ1) is 6.98. The predicted octanol–water partition coefficient (Wildman–Crippen LogP) is 0.470. The van der Waals surface area contributed by atoms with Crippen LogP contribution in [0, 0.1) is 0 Å². The van der Waals surface area contributed by atoms with Crippen LogP contribution in [0.1, 0.15) is 0 Å². The van der Waals surface area contributed by atoms with E-state index < -0.39 is 10.0 Å². The second-order valence-electron chi connectivity index (χ2n) is 2.99. The third-order valence-corrected chi connectivity index (χ3v) is 3.66. The molecule has 5 nitrogen and oxygen atoms in total. The van der Waals surface area contributed by atoms with E-state index in [1.54, 1.807) is 0 Å². The Morgan fingerprint density at radius 2 is 2.27 bits per heavy atom. The molecule has 0 spiro atoms. The van der Waals surface area contributed by atoms with Gasteiger partial charge in [-0.1, -0.05) is 6.08 Å². The van der Waals surface area contributed by atoms with Gasteiger partial charge in [0.25, 0.3) is 0 Å². The van der Waals surface area contributed by atoms with Crippen LogP contribution in [-0.4, -0.2) is 31.3 Å². The van der Waals surface area contributed by atoms with Crippen molar-refractivity contribution in [3.63, 3.8) is 0 Å². The number of nitrogen functional groups attached to an aromatic ring is 1. The number of sulfonamides is 1. The van der Waals surface area contributed by atoms with Crippen LogP contribution in [-0.2, 0) is 10.0 Å². The van der Waals surface area contributed by atoms with Crippen LogP contribution in [0.3, 0.4) is 0 Å². The van der Waals surface area contributed by atoms with Crippen LogP contribution in [0.4, 0.5) is 5.82 Å². The summed E-state index contributed by atoms with van der Waals surface area (Å²) >= 11 is 0. The lowest BCUT2D eigenvalue weighted by atomic mass is 10.5. The van der Waals surface area contributed by atoms with Gasteiger partial charge in [0.2, 0.25) is 10.0 Å². The summed E-state index contributed by atoms with van der Waals surface area (Å²) in [5, 5.41) is 0. The van der Waals surface area contributed by atoms with E-state index >= 15 is 0 Å². The third kappa shape index (κ3) is 2.54. The molecule has 6 heteroatoms. The van der Waals surface area contributed by atoms with Crippen molar-refractivity contribution in [2.75, 3.05) is 19.3 Å². The molecule has 82 valence electrons. The first-order valence-electron chi connectivity index (χ1n) is 4.27. The summed E-state index contributed by atoms with van der Waals surface area (Å²) in [6.45, 7) is 3.74. The number of aromatic nitrogens is 1. The molecule has 0 unspecified atom stereocenters. The second kappa shape index (κ2) is 4.41. The Balaban J connectivity index is 3.06. The summed E-state index contributed by atoms with van der Waals surface area (Å²) in [6.07, 6.45) is 2.76. The van der Waals surface area contributed by atoms with Crippen molar-refractivity contribution in [2.45, 2.75) is 4.90 Å². The zero-order valence-electron chi connectivity index (χ0n) is 8.42. The Morgan fingerprint density at radius 3 is 2.73 bits per heavy atom. The van der Waals surface area contributed by atoms with Gasteiger partial charge < -0.3 is 5.73 Å². The van der Waals surface area contributed by atoms with Gasteiger partial charge in [-0.05, 0) is 12.1 Å². The number of hydrogen-bond acceptors (Lipinski definition) is 4. The molecular weight excluding hydrogens is 214 g/mol. The largest absolute Gasteiger partial charge is 0.384 e. The average molecular weight is 227 g/mol. The van der Waals surface area contributed by atoms with Gasteiger partial charge in [-0.15, -0.1) is 6.58 Å². The maximum Gasteiger partial charge on any atom is 0.244 e. The summed E-state index contributed by atoms with van der Waals surface area (Å²) in [6, 6.07) is 2.88. The van der Waals surface area contributed by atoms with Gasteiger partial charge in [0.05, 0.1) is 0 Å². The minimum Gasteiger partial charge on any atom is -0.384 e. The zero-order valence-corrected chi connectivity index (χ0v) is 9.24. The van der Waals surface area contributed by atoms with Gasteiger partial charge in [0.1, 0.15) is 10.7 Å². The topological polar surface area (TPSA) is 76.3 Å². The Hall–Kier alpha value is -1.40. The molecule has 1 heterocycles. The standard InChI is InChI=1S/C9H13N3O2S/c1-3-6-12(2)15(13,14)8-4-5-9(10)11-7-8/h3-5,7H,1,6H2,2H3,(H2,10,11). The highest BCUT2D eigenvalue weighted by molar-refractivity contribution is 7.89. The molecule has 0 saturated heterocycles. The fraction of sp³-hybridized carbons (Fsp3) is 0.222. The van der Waals surface area contributed by atoms with Crippen LogP contribution in [0.15, 0.2) is 35.9 Å². The summed E-state index contributed by atoms with van der Waals surface area (Å²) in [7, 11) is -1.99. The second-order valence-corrected chi connectivity index (χ2v) is 5.04. The lowest BCUT2D eigenvalue weighted by molar-refractivity contribution is 0.499. The monoisotopic (exact) mass is 227 g/mol. The first-order valence-corrected chi connectivity index (χ1v) is 5.71. The van der Waals surface area contributed by atoms with Crippen molar-refractivity contribution in [1.29, 1.82) is 0 Å². The number of hydrogen-bond donors (Lipinski definition) is 1. The van der Waals surface area contributed by atoms with E-state index in [-0.39, 0.29) is 11.4 Å². The smallest absolute Gasteiger partial charge is 0.244 e. The van der Waals surface area contributed by atoms with Gasteiger partial charge in [-0.2, -0.15) is 4.31 Å². The molecule has 0 bridgehead atoms. The highest BCUT2D eigenvalue weighted by Crippen LogP contribution is 2.13. The molecule has 0 radical (unpaired) electrons. The van der Waals surface area contributed by atoms with E-state index in [2.05, 4.69) is 11.6 Å². The first kappa shape index (κ1) is 11.7. The predicted molar refractivity (Wildman–Crippen MR) is 58.7 cm³/mol. The molecule has 0 amide bonds. The maximum atomic E-state index is 11.8. The number of likely N-dealkylation sites (N-methyl/N-ethyl adjacent to an activating group) is 1. The van der Waals surface area contributed by atoms with Gasteiger partial charge in [-0.25, -0.2) is 13.4 Å². The molecule has 0 aromatic carbocycles. The van der Waals surface area contributed by atoms with Gasteiger partial charge in [-0.3, -0.25) is 0 Å².